The Balaban J connectivity index is 2.07. The van der Waals surface area contributed by atoms with Crippen LogP contribution >= 0.6 is 11.6 Å². The van der Waals surface area contributed by atoms with Gasteiger partial charge in [0, 0.05) is 18.1 Å². The number of ether oxygens (including phenoxy) is 1. The third kappa shape index (κ3) is 7.34. The van der Waals surface area contributed by atoms with E-state index in [9.17, 15) is 18.0 Å². The maximum absolute atomic E-state index is 14.0. The molecule has 0 fully saturated rings. The van der Waals surface area contributed by atoms with Crippen molar-refractivity contribution in [2.24, 2.45) is 0 Å². The summed E-state index contributed by atoms with van der Waals surface area (Å²) >= 11 is 6.37. The first-order valence-electron chi connectivity index (χ1n) is 13.0. The van der Waals surface area contributed by atoms with Crippen molar-refractivity contribution in [1.29, 1.82) is 0 Å². The van der Waals surface area contributed by atoms with Gasteiger partial charge < -0.3 is 15.0 Å². The molecule has 0 aliphatic rings. The molecular weight excluding hydrogens is 550 g/mol. The molecule has 3 rings (SSSR count). The van der Waals surface area contributed by atoms with Gasteiger partial charge in [-0.25, -0.2) is 8.42 Å². The molecule has 3 aromatic carbocycles. The van der Waals surface area contributed by atoms with E-state index in [1.165, 1.54) is 17.0 Å². The summed E-state index contributed by atoms with van der Waals surface area (Å²) in [4.78, 5) is 28.4. The van der Waals surface area contributed by atoms with Crippen molar-refractivity contribution >= 4 is 39.1 Å². The number of carbonyl (C=O) groups is 2. The number of nitrogens with one attached hydrogen (secondary N) is 1. The highest BCUT2D eigenvalue weighted by Crippen LogP contribution is 2.31. The molecule has 0 spiro atoms. The number of methoxy groups -OCH3 is 1. The summed E-state index contributed by atoms with van der Waals surface area (Å²) in [7, 11) is -2.63. The van der Waals surface area contributed by atoms with Crippen LogP contribution in [0.25, 0.3) is 0 Å². The number of hydrogen-bond acceptors (Lipinski definition) is 5. The number of amides is 2. The predicted molar refractivity (Wildman–Crippen MR) is 158 cm³/mol. The van der Waals surface area contributed by atoms with Gasteiger partial charge >= 0.3 is 0 Å². The van der Waals surface area contributed by atoms with Gasteiger partial charge in [0.05, 0.1) is 17.7 Å². The molecule has 0 aliphatic heterocycles. The van der Waals surface area contributed by atoms with E-state index in [0.29, 0.717) is 22.9 Å². The van der Waals surface area contributed by atoms with Gasteiger partial charge in [0.2, 0.25) is 11.8 Å². The molecule has 0 saturated heterocycles. The van der Waals surface area contributed by atoms with Gasteiger partial charge in [-0.2, -0.15) is 0 Å². The van der Waals surface area contributed by atoms with Crippen LogP contribution in [-0.2, 0) is 26.2 Å². The number of anilines is 1. The first kappa shape index (κ1) is 31.0. The van der Waals surface area contributed by atoms with Crippen LogP contribution in [-0.4, -0.2) is 51.4 Å². The summed E-state index contributed by atoms with van der Waals surface area (Å²) in [6.07, 6.45) is 0.735. The fraction of sp³-hybridized carbons (Fsp3) is 0.333. The molecule has 0 aromatic heterocycles. The number of rotatable bonds is 12. The zero-order valence-corrected chi connectivity index (χ0v) is 25.1. The monoisotopic (exact) mass is 585 g/mol. The number of benzene rings is 3. The van der Waals surface area contributed by atoms with E-state index in [-0.39, 0.29) is 23.0 Å². The summed E-state index contributed by atoms with van der Waals surface area (Å²) in [5, 5.41) is 3.20. The van der Waals surface area contributed by atoms with E-state index < -0.39 is 28.5 Å². The Bertz CT molecular complexity index is 1440. The lowest BCUT2D eigenvalue weighted by Gasteiger charge is -2.32. The Morgan fingerprint density at radius 2 is 1.70 bits per heavy atom. The first-order valence-corrected chi connectivity index (χ1v) is 14.9. The van der Waals surface area contributed by atoms with Gasteiger partial charge in [-0.05, 0) is 74.7 Å². The SMILES string of the molecule is CCCNC(=O)[C@@H](C)N(Cc1cccc(OC)c1)C(=O)CN(c1cccc(Cl)c1C)S(=O)(=O)c1ccc(C)cc1. The van der Waals surface area contributed by atoms with Crippen molar-refractivity contribution in [1.82, 2.24) is 10.2 Å². The minimum Gasteiger partial charge on any atom is -0.497 e. The molecule has 0 unspecified atom stereocenters. The summed E-state index contributed by atoms with van der Waals surface area (Å²) in [6, 6.07) is 17.6. The van der Waals surface area contributed by atoms with E-state index in [1.807, 2.05) is 19.9 Å². The maximum atomic E-state index is 14.0. The van der Waals surface area contributed by atoms with Crippen molar-refractivity contribution in [3.05, 3.63) is 88.4 Å². The zero-order valence-electron chi connectivity index (χ0n) is 23.5. The van der Waals surface area contributed by atoms with E-state index in [2.05, 4.69) is 5.32 Å². The Kier molecular flexibility index (Phi) is 10.6. The van der Waals surface area contributed by atoms with Crippen LogP contribution in [0.2, 0.25) is 5.02 Å². The van der Waals surface area contributed by atoms with Gasteiger partial charge in [-0.1, -0.05) is 54.4 Å². The van der Waals surface area contributed by atoms with Crippen molar-refractivity contribution in [2.45, 2.75) is 51.6 Å². The van der Waals surface area contributed by atoms with Crippen LogP contribution in [0.4, 0.5) is 5.69 Å². The van der Waals surface area contributed by atoms with Crippen molar-refractivity contribution in [3.8, 4) is 5.75 Å². The molecule has 214 valence electrons. The van der Waals surface area contributed by atoms with E-state index in [0.717, 1.165) is 21.9 Å². The molecule has 8 nitrogen and oxygen atoms in total. The van der Waals surface area contributed by atoms with Crippen LogP contribution in [0, 0.1) is 13.8 Å². The van der Waals surface area contributed by atoms with Crippen LogP contribution in [0.15, 0.2) is 71.6 Å². The van der Waals surface area contributed by atoms with Gasteiger partial charge in [-0.15, -0.1) is 0 Å². The number of carbonyl (C=O) groups excluding carboxylic acids is 2. The predicted octanol–water partition coefficient (Wildman–Crippen LogP) is 5.10. The van der Waals surface area contributed by atoms with E-state index >= 15 is 0 Å². The Morgan fingerprint density at radius 3 is 2.35 bits per heavy atom. The molecule has 2 amide bonds. The number of aryl methyl sites for hydroxylation is 1. The highest BCUT2D eigenvalue weighted by atomic mass is 35.5. The molecule has 0 saturated carbocycles. The van der Waals surface area contributed by atoms with E-state index in [1.54, 1.807) is 69.5 Å². The van der Waals surface area contributed by atoms with Crippen LogP contribution in [0.1, 0.15) is 37.0 Å². The number of nitrogens with zero attached hydrogens (tertiary/aromatic N) is 2. The highest BCUT2D eigenvalue weighted by Gasteiger charge is 2.33. The molecular formula is C30H36ClN3O5S. The van der Waals surface area contributed by atoms with Crippen LogP contribution in [0.5, 0.6) is 5.75 Å². The van der Waals surface area contributed by atoms with Gasteiger partial charge in [0.15, 0.2) is 0 Å². The summed E-state index contributed by atoms with van der Waals surface area (Å²) in [5.74, 6) is -0.270. The lowest BCUT2D eigenvalue weighted by atomic mass is 10.1. The molecule has 0 aliphatic carbocycles. The minimum atomic E-state index is -4.18. The average Bonchev–Trinajstić information content (AvgIpc) is 2.94. The third-order valence-corrected chi connectivity index (χ3v) is 8.78. The van der Waals surface area contributed by atoms with Gasteiger partial charge in [0.25, 0.3) is 10.0 Å². The summed E-state index contributed by atoms with van der Waals surface area (Å²) < 4.78 is 34.3. The zero-order chi connectivity index (χ0) is 29.4. The lowest BCUT2D eigenvalue weighted by Crippen LogP contribution is -2.51. The molecule has 3 aromatic rings. The molecule has 0 radical (unpaired) electrons. The van der Waals surface area contributed by atoms with Gasteiger partial charge in [0.1, 0.15) is 18.3 Å². The second kappa shape index (κ2) is 13.7. The topological polar surface area (TPSA) is 96.0 Å². The fourth-order valence-corrected chi connectivity index (χ4v) is 5.80. The number of halogens is 1. The molecule has 10 heteroatoms. The molecule has 0 heterocycles. The van der Waals surface area contributed by atoms with Crippen molar-refractivity contribution in [2.75, 3.05) is 24.5 Å². The summed E-state index contributed by atoms with van der Waals surface area (Å²) in [6.45, 7) is 7.13. The molecule has 0 bridgehead atoms. The quantitative estimate of drug-likeness (QED) is 0.319. The fourth-order valence-electron chi connectivity index (χ4n) is 4.16. The number of hydrogen-bond donors (Lipinski definition) is 1. The van der Waals surface area contributed by atoms with Gasteiger partial charge in [-0.3, -0.25) is 13.9 Å². The van der Waals surface area contributed by atoms with Crippen molar-refractivity contribution in [3.63, 3.8) is 0 Å². The molecule has 40 heavy (non-hydrogen) atoms. The largest absolute Gasteiger partial charge is 0.497 e. The van der Waals surface area contributed by atoms with E-state index in [4.69, 9.17) is 16.3 Å². The standard InChI is InChI=1S/C30H36ClN3O5S/c1-6-17-32-30(36)23(4)33(19-24-9-7-10-25(18-24)39-5)29(35)20-34(28-12-8-11-27(31)22(28)3)40(37,38)26-15-13-21(2)14-16-26/h7-16,18,23H,6,17,19-20H2,1-5H3,(H,32,36)/t23-/m1/s1. The Labute approximate surface area is 241 Å². The highest BCUT2D eigenvalue weighted by molar-refractivity contribution is 7.92. The Hall–Kier alpha value is -3.56. The minimum absolute atomic E-state index is 0.0401. The maximum Gasteiger partial charge on any atom is 0.264 e. The second-order valence-corrected chi connectivity index (χ2v) is 11.8. The second-order valence-electron chi connectivity index (χ2n) is 9.55. The van der Waals surface area contributed by atoms with Crippen molar-refractivity contribution < 1.29 is 22.7 Å². The third-order valence-electron chi connectivity index (χ3n) is 6.60. The molecule has 1 N–H and O–H groups in total. The Morgan fingerprint density at radius 1 is 1.02 bits per heavy atom. The van der Waals surface area contributed by atoms with Crippen LogP contribution in [0.3, 0.4) is 0 Å². The molecule has 1 atom stereocenters. The average molecular weight is 586 g/mol. The lowest BCUT2D eigenvalue weighted by molar-refractivity contribution is -0.139. The first-order chi connectivity index (χ1) is 19.0. The normalized spacial score (nSPS) is 11.9. The smallest absolute Gasteiger partial charge is 0.264 e. The number of sulfonamides is 1. The summed E-state index contributed by atoms with van der Waals surface area (Å²) in [5.41, 5.74) is 2.43. The van der Waals surface area contributed by atoms with Crippen LogP contribution < -0.4 is 14.4 Å².